The predicted octanol–water partition coefficient (Wildman–Crippen LogP) is 3.64. The first-order valence-corrected chi connectivity index (χ1v) is 15.0. The van der Waals surface area contributed by atoms with Gasteiger partial charge in [-0.15, -0.1) is 0 Å². The molecule has 3 aromatic rings. The Labute approximate surface area is 236 Å². The van der Waals surface area contributed by atoms with Crippen LogP contribution in [0.5, 0.6) is 11.5 Å². The minimum Gasteiger partial charge on any atom is -0.497 e. The molecule has 0 aromatic heterocycles. The van der Waals surface area contributed by atoms with Gasteiger partial charge in [-0.05, 0) is 49.2 Å². The molecule has 0 bridgehead atoms. The van der Waals surface area contributed by atoms with Crippen LogP contribution >= 0.6 is 0 Å². The van der Waals surface area contributed by atoms with Crippen LogP contribution in [0.1, 0.15) is 25.0 Å². The maximum absolute atomic E-state index is 14.1. The van der Waals surface area contributed by atoms with Gasteiger partial charge in [-0.25, -0.2) is 8.42 Å². The molecule has 0 aliphatic rings. The molecule has 0 heterocycles. The zero-order valence-electron chi connectivity index (χ0n) is 23.4. The third-order valence-electron chi connectivity index (χ3n) is 6.22. The number of nitrogens with one attached hydrogen (secondary N) is 1. The van der Waals surface area contributed by atoms with Gasteiger partial charge in [0.1, 0.15) is 24.1 Å². The van der Waals surface area contributed by atoms with E-state index in [1.165, 1.54) is 4.90 Å². The quantitative estimate of drug-likeness (QED) is 0.319. The number of hydrogen-bond donors (Lipinski definition) is 1. The average Bonchev–Trinajstić information content (AvgIpc) is 2.94. The molecule has 40 heavy (non-hydrogen) atoms. The molecule has 1 N–H and O–H groups in total. The lowest BCUT2D eigenvalue weighted by Crippen LogP contribution is -2.53. The molecule has 2 amide bonds. The highest BCUT2D eigenvalue weighted by atomic mass is 32.2. The molecule has 0 spiro atoms. The Morgan fingerprint density at radius 2 is 1.60 bits per heavy atom. The molecule has 0 aliphatic heterocycles. The van der Waals surface area contributed by atoms with Crippen molar-refractivity contribution in [1.29, 1.82) is 0 Å². The third kappa shape index (κ3) is 8.22. The van der Waals surface area contributed by atoms with Crippen LogP contribution in [0.25, 0.3) is 0 Å². The van der Waals surface area contributed by atoms with Crippen molar-refractivity contribution in [2.24, 2.45) is 0 Å². The number of nitrogens with zero attached hydrogens (tertiary/aromatic N) is 2. The monoisotopic (exact) mass is 567 g/mol. The lowest BCUT2D eigenvalue weighted by Gasteiger charge is -2.33. The third-order valence-corrected chi connectivity index (χ3v) is 7.35. The van der Waals surface area contributed by atoms with Crippen molar-refractivity contribution in [3.63, 3.8) is 0 Å². The summed E-state index contributed by atoms with van der Waals surface area (Å²) in [6.45, 7) is 3.85. The smallest absolute Gasteiger partial charge is 0.244 e. The highest BCUT2D eigenvalue weighted by Gasteiger charge is 2.33. The number of para-hydroxylation sites is 2. The lowest BCUT2D eigenvalue weighted by molar-refractivity contribution is -0.140. The first-order chi connectivity index (χ1) is 19.2. The second-order valence-corrected chi connectivity index (χ2v) is 11.1. The summed E-state index contributed by atoms with van der Waals surface area (Å²) in [5, 5.41) is 2.84. The van der Waals surface area contributed by atoms with Gasteiger partial charge in [0, 0.05) is 19.5 Å². The summed E-state index contributed by atoms with van der Waals surface area (Å²) in [6, 6.07) is 22.4. The van der Waals surface area contributed by atoms with E-state index in [2.05, 4.69) is 5.32 Å². The van der Waals surface area contributed by atoms with Crippen LogP contribution in [-0.4, -0.2) is 64.2 Å². The van der Waals surface area contributed by atoms with Crippen LogP contribution < -0.4 is 19.1 Å². The molecule has 214 valence electrons. The zero-order chi connectivity index (χ0) is 29.1. The summed E-state index contributed by atoms with van der Waals surface area (Å²) in [4.78, 5) is 29.0. The minimum absolute atomic E-state index is 0.0649. The summed E-state index contributed by atoms with van der Waals surface area (Å²) in [5.41, 5.74) is 1.85. The molecular formula is C30H37N3O6S. The zero-order valence-corrected chi connectivity index (χ0v) is 24.2. The summed E-state index contributed by atoms with van der Waals surface area (Å²) >= 11 is 0. The van der Waals surface area contributed by atoms with Gasteiger partial charge in [0.15, 0.2) is 0 Å². The van der Waals surface area contributed by atoms with E-state index >= 15 is 0 Å². The van der Waals surface area contributed by atoms with Crippen LogP contribution in [0.15, 0.2) is 78.9 Å². The van der Waals surface area contributed by atoms with Gasteiger partial charge in [-0.3, -0.25) is 13.9 Å². The van der Waals surface area contributed by atoms with Crippen LogP contribution in [0.3, 0.4) is 0 Å². The Balaban J connectivity index is 2.07. The number of carbonyl (C=O) groups excluding carboxylic acids is 2. The van der Waals surface area contributed by atoms with Crippen LogP contribution in [0.4, 0.5) is 5.69 Å². The Kier molecular flexibility index (Phi) is 11.0. The molecule has 0 radical (unpaired) electrons. The molecule has 0 aliphatic carbocycles. The topological polar surface area (TPSA) is 105 Å². The molecule has 0 fully saturated rings. The summed E-state index contributed by atoms with van der Waals surface area (Å²) < 4.78 is 38.0. The highest BCUT2D eigenvalue weighted by Crippen LogP contribution is 2.30. The van der Waals surface area contributed by atoms with Gasteiger partial charge < -0.3 is 19.7 Å². The van der Waals surface area contributed by atoms with Gasteiger partial charge in [0.2, 0.25) is 21.8 Å². The molecule has 10 heteroatoms. The fourth-order valence-electron chi connectivity index (χ4n) is 4.35. The summed E-state index contributed by atoms with van der Waals surface area (Å²) in [7, 11) is -2.35. The number of ether oxygens (including phenoxy) is 2. The number of likely N-dealkylation sites (N-methyl/N-ethyl adjacent to an activating group) is 1. The molecule has 0 saturated carbocycles. The molecule has 0 unspecified atom stereocenters. The number of amides is 2. The molecule has 9 nitrogen and oxygen atoms in total. The van der Waals surface area contributed by atoms with E-state index < -0.39 is 28.5 Å². The number of rotatable bonds is 14. The Hall–Kier alpha value is -4.05. The second-order valence-electron chi connectivity index (χ2n) is 9.14. The minimum atomic E-state index is -3.90. The van der Waals surface area contributed by atoms with Gasteiger partial charge in [0.25, 0.3) is 0 Å². The number of sulfonamides is 1. The van der Waals surface area contributed by atoms with Gasteiger partial charge in [-0.2, -0.15) is 0 Å². The molecule has 3 aromatic carbocycles. The number of benzene rings is 3. The number of anilines is 1. The normalized spacial score (nSPS) is 11.8. The Bertz CT molecular complexity index is 1380. The van der Waals surface area contributed by atoms with Crippen molar-refractivity contribution in [1.82, 2.24) is 10.2 Å². The van der Waals surface area contributed by atoms with E-state index in [1.54, 1.807) is 56.5 Å². The maximum atomic E-state index is 14.1. The van der Waals surface area contributed by atoms with Gasteiger partial charge in [0.05, 0.1) is 25.7 Å². The van der Waals surface area contributed by atoms with E-state index in [4.69, 9.17) is 9.47 Å². The van der Waals surface area contributed by atoms with E-state index in [9.17, 15) is 18.0 Å². The average molecular weight is 568 g/mol. The fraction of sp³-hybridized carbons (Fsp3) is 0.333. The van der Waals surface area contributed by atoms with Crippen molar-refractivity contribution in [2.45, 2.75) is 32.9 Å². The van der Waals surface area contributed by atoms with Crippen molar-refractivity contribution < 1.29 is 27.5 Å². The highest BCUT2D eigenvalue weighted by molar-refractivity contribution is 7.92. The van der Waals surface area contributed by atoms with Crippen molar-refractivity contribution in [3.05, 3.63) is 90.0 Å². The summed E-state index contributed by atoms with van der Waals surface area (Å²) in [6.07, 6.45) is 1.29. The maximum Gasteiger partial charge on any atom is 0.244 e. The first kappa shape index (κ1) is 30.5. The lowest BCUT2D eigenvalue weighted by atomic mass is 10.0. The molecular weight excluding hydrogens is 530 g/mol. The largest absolute Gasteiger partial charge is 0.497 e. The molecule has 1 atom stereocenters. The van der Waals surface area contributed by atoms with E-state index in [1.807, 2.05) is 43.3 Å². The van der Waals surface area contributed by atoms with Crippen molar-refractivity contribution in [2.75, 3.05) is 37.4 Å². The van der Waals surface area contributed by atoms with E-state index in [-0.39, 0.29) is 24.6 Å². The predicted molar refractivity (Wildman–Crippen MR) is 156 cm³/mol. The standard InChI is InChI=1S/C30H37N3O6S/c1-5-31-30(35)27(20-23-13-8-7-9-14-23)32(21-24-15-12-16-25(19-24)38-3)29(34)22-33(40(4,36)37)26-17-10-11-18-28(26)39-6-2/h7-19,27H,5-6,20-22H2,1-4H3,(H,31,35)/t27-/m1/s1. The van der Waals surface area contributed by atoms with Crippen molar-refractivity contribution in [3.8, 4) is 11.5 Å². The number of methoxy groups -OCH3 is 1. The van der Waals surface area contributed by atoms with E-state index in [0.717, 1.165) is 21.7 Å². The van der Waals surface area contributed by atoms with E-state index in [0.29, 0.717) is 24.7 Å². The number of hydrogen-bond acceptors (Lipinski definition) is 6. The Morgan fingerprint density at radius 1 is 0.925 bits per heavy atom. The molecule has 3 rings (SSSR count). The fourth-order valence-corrected chi connectivity index (χ4v) is 5.20. The number of carbonyl (C=O) groups is 2. The summed E-state index contributed by atoms with van der Waals surface area (Å²) in [5.74, 6) is 0.0769. The second kappa shape index (κ2) is 14.4. The van der Waals surface area contributed by atoms with Gasteiger partial charge in [-0.1, -0.05) is 54.6 Å². The molecule has 0 saturated heterocycles. The van der Waals surface area contributed by atoms with Crippen LogP contribution in [-0.2, 0) is 32.6 Å². The Morgan fingerprint density at radius 3 is 2.25 bits per heavy atom. The van der Waals surface area contributed by atoms with Crippen LogP contribution in [0, 0.1) is 0 Å². The van der Waals surface area contributed by atoms with Crippen molar-refractivity contribution >= 4 is 27.5 Å². The van der Waals surface area contributed by atoms with Crippen LogP contribution in [0.2, 0.25) is 0 Å². The SMILES string of the molecule is CCNC(=O)[C@@H](Cc1ccccc1)N(Cc1cccc(OC)c1)C(=O)CN(c1ccccc1OCC)S(C)(=O)=O. The van der Waals surface area contributed by atoms with Gasteiger partial charge >= 0.3 is 0 Å². The first-order valence-electron chi connectivity index (χ1n) is 13.1.